The highest BCUT2D eigenvalue weighted by molar-refractivity contribution is 7.16. The quantitative estimate of drug-likeness (QED) is 0.466. The smallest absolute Gasteiger partial charge is 0.225 e. The lowest BCUT2D eigenvalue weighted by molar-refractivity contribution is -0.143. The molecule has 0 spiro atoms. The molecule has 3 aromatic rings. The number of halogens is 1. The number of nitrogens with one attached hydrogen (secondary N) is 1. The van der Waals surface area contributed by atoms with Crippen molar-refractivity contribution < 1.29 is 15.0 Å². The van der Waals surface area contributed by atoms with E-state index in [2.05, 4.69) is 38.0 Å². The second-order valence-corrected chi connectivity index (χ2v) is 9.96. The summed E-state index contributed by atoms with van der Waals surface area (Å²) in [5.74, 6) is 7.46. The lowest BCUT2D eigenvalue weighted by atomic mass is 9.91. The zero-order chi connectivity index (χ0) is 24.6. The lowest BCUT2D eigenvalue weighted by Crippen LogP contribution is -2.46. The van der Waals surface area contributed by atoms with Crippen LogP contribution in [0.4, 0.5) is 5.82 Å². The van der Waals surface area contributed by atoms with Crippen LogP contribution in [-0.4, -0.2) is 62.9 Å². The molecule has 3 heterocycles. The van der Waals surface area contributed by atoms with E-state index in [-0.39, 0.29) is 24.3 Å². The minimum atomic E-state index is -1.85. The van der Waals surface area contributed by atoms with Gasteiger partial charge in [-0.1, -0.05) is 11.6 Å². The van der Waals surface area contributed by atoms with Gasteiger partial charge >= 0.3 is 0 Å². The maximum atomic E-state index is 12.5. The zero-order valence-corrected chi connectivity index (χ0v) is 20.4. The Morgan fingerprint density at radius 1 is 1.41 bits per heavy atom. The van der Waals surface area contributed by atoms with Crippen molar-refractivity contribution in [1.29, 1.82) is 0 Å². The second kappa shape index (κ2) is 9.24. The van der Waals surface area contributed by atoms with E-state index in [0.29, 0.717) is 15.7 Å². The minimum absolute atomic E-state index is 0.0535. The van der Waals surface area contributed by atoms with Crippen LogP contribution in [0.3, 0.4) is 0 Å². The number of anilines is 1. The number of terminal acetylenes is 1. The van der Waals surface area contributed by atoms with Crippen LogP contribution in [0.25, 0.3) is 11.2 Å². The van der Waals surface area contributed by atoms with Crippen molar-refractivity contribution in [2.75, 3.05) is 26.0 Å². The van der Waals surface area contributed by atoms with Gasteiger partial charge in [-0.2, -0.15) is 0 Å². The molecule has 0 bridgehead atoms. The molecule has 9 nitrogen and oxygen atoms in total. The molecule has 1 aliphatic rings. The number of carbonyl (C=O) groups is 1. The average Bonchev–Trinajstić information content (AvgIpc) is 3.48. The van der Waals surface area contributed by atoms with Gasteiger partial charge in [0.05, 0.1) is 21.5 Å². The molecule has 1 amide bonds. The number of hydrogen-bond acceptors (Lipinski definition) is 8. The van der Waals surface area contributed by atoms with Crippen LogP contribution in [0.5, 0.6) is 0 Å². The van der Waals surface area contributed by atoms with E-state index in [1.807, 2.05) is 0 Å². The summed E-state index contributed by atoms with van der Waals surface area (Å²) < 4.78 is 2.01. The summed E-state index contributed by atoms with van der Waals surface area (Å²) in [6.07, 6.45) is 5.74. The number of nitrogens with zero attached hydrogens (tertiary/aromatic N) is 5. The normalized spacial score (nSPS) is 23.9. The Kier molecular flexibility index (Phi) is 6.52. The molecule has 3 aromatic heterocycles. The monoisotopic (exact) mass is 498 g/mol. The van der Waals surface area contributed by atoms with Crippen molar-refractivity contribution in [3.8, 4) is 24.2 Å². The Morgan fingerprint density at radius 2 is 2.18 bits per heavy atom. The van der Waals surface area contributed by atoms with Gasteiger partial charge in [0.2, 0.25) is 11.7 Å². The summed E-state index contributed by atoms with van der Waals surface area (Å²) in [7, 11) is 5.09. The highest BCUT2D eigenvalue weighted by Crippen LogP contribution is 2.45. The molecule has 11 heteroatoms. The van der Waals surface area contributed by atoms with Crippen molar-refractivity contribution in [2.45, 2.75) is 24.7 Å². The van der Waals surface area contributed by atoms with Crippen molar-refractivity contribution in [3.05, 3.63) is 33.5 Å². The molecule has 0 aliphatic heterocycles. The lowest BCUT2D eigenvalue weighted by Gasteiger charge is -2.29. The average molecular weight is 499 g/mol. The number of hydrogen-bond donors (Lipinski definition) is 3. The molecular weight excluding hydrogens is 476 g/mol. The summed E-state index contributed by atoms with van der Waals surface area (Å²) in [6.45, 7) is 0. The molecule has 34 heavy (non-hydrogen) atoms. The molecule has 0 aromatic carbocycles. The fourth-order valence-electron chi connectivity index (χ4n) is 4.33. The third kappa shape index (κ3) is 4.10. The van der Waals surface area contributed by atoms with E-state index in [4.69, 9.17) is 18.0 Å². The zero-order valence-electron chi connectivity index (χ0n) is 18.8. The van der Waals surface area contributed by atoms with Crippen molar-refractivity contribution in [1.82, 2.24) is 24.8 Å². The standard InChI is InChI=1S/C23H23ClN6O3S/c1-5-6-13-11-23(33,19(31)17(13)22(32)25-2)30-12-26-18-20(29(3)4)27-16(28-21(18)30)10-8-14-7-9-15(24)34-14/h1,7,9,12-13,17,19,31,33H,6,11H2,2-4H3,(H,25,32)/t13?,17-,19+,23+/m0/s1. The number of amides is 1. The maximum absolute atomic E-state index is 12.5. The predicted octanol–water partition coefficient (Wildman–Crippen LogP) is 1.42. The van der Waals surface area contributed by atoms with E-state index in [0.717, 1.165) is 4.88 Å². The number of carbonyl (C=O) groups excluding carboxylic acids is 1. The van der Waals surface area contributed by atoms with Crippen LogP contribution in [0.2, 0.25) is 4.34 Å². The first kappa shape index (κ1) is 24.0. The summed E-state index contributed by atoms with van der Waals surface area (Å²) >= 11 is 7.32. The molecule has 1 saturated carbocycles. The third-order valence-corrected chi connectivity index (χ3v) is 7.05. The Morgan fingerprint density at radius 3 is 2.79 bits per heavy atom. The topological polar surface area (TPSA) is 116 Å². The number of fused-ring (bicyclic) bond motifs is 1. The second-order valence-electron chi connectivity index (χ2n) is 8.24. The summed E-state index contributed by atoms with van der Waals surface area (Å²) in [5.41, 5.74) is -1.14. The van der Waals surface area contributed by atoms with Crippen molar-refractivity contribution in [3.63, 3.8) is 0 Å². The van der Waals surface area contributed by atoms with E-state index in [9.17, 15) is 15.0 Å². The molecule has 4 atom stereocenters. The maximum Gasteiger partial charge on any atom is 0.225 e. The number of rotatable bonds is 4. The number of aliphatic hydroxyl groups is 2. The van der Waals surface area contributed by atoms with Crippen LogP contribution in [0, 0.1) is 36.0 Å². The van der Waals surface area contributed by atoms with Gasteiger partial charge in [0.15, 0.2) is 22.7 Å². The summed E-state index contributed by atoms with van der Waals surface area (Å²) in [5, 5.41) is 25.3. The molecule has 1 fully saturated rings. The molecule has 0 radical (unpaired) electrons. The van der Waals surface area contributed by atoms with Crippen LogP contribution in [0.1, 0.15) is 23.5 Å². The number of aliphatic hydroxyl groups excluding tert-OH is 1. The molecule has 176 valence electrons. The molecule has 1 unspecified atom stereocenters. The van der Waals surface area contributed by atoms with Gasteiger partial charge in [0, 0.05) is 34.0 Å². The highest BCUT2D eigenvalue weighted by atomic mass is 35.5. The Bertz CT molecular complexity index is 1350. The SMILES string of the molecule is C#CCC1C[C@](O)(n2cnc3c(N(C)C)nc(C#Cc4ccc(Cl)s4)nc32)[C@H](O)[C@H]1C(=O)NC. The Labute approximate surface area is 205 Å². The van der Waals surface area contributed by atoms with Gasteiger partial charge in [-0.3, -0.25) is 9.36 Å². The predicted molar refractivity (Wildman–Crippen MR) is 130 cm³/mol. The fraction of sp³-hybridized carbons (Fsp3) is 0.391. The van der Waals surface area contributed by atoms with Crippen LogP contribution >= 0.6 is 22.9 Å². The summed E-state index contributed by atoms with van der Waals surface area (Å²) in [4.78, 5) is 28.5. The number of aromatic nitrogens is 4. The van der Waals surface area contributed by atoms with Gasteiger partial charge < -0.3 is 20.4 Å². The Hall–Kier alpha value is -3.15. The molecule has 4 rings (SSSR count). The largest absolute Gasteiger partial charge is 0.387 e. The minimum Gasteiger partial charge on any atom is -0.387 e. The Balaban J connectivity index is 1.84. The van der Waals surface area contributed by atoms with Crippen molar-refractivity contribution in [2.24, 2.45) is 11.8 Å². The molecular formula is C23H23ClN6O3S. The van der Waals surface area contributed by atoms with E-state index < -0.39 is 29.6 Å². The molecule has 3 N–H and O–H groups in total. The van der Waals surface area contributed by atoms with E-state index >= 15 is 0 Å². The first-order valence-electron chi connectivity index (χ1n) is 10.4. The van der Waals surface area contributed by atoms with Gasteiger partial charge in [-0.05, 0) is 29.9 Å². The van der Waals surface area contributed by atoms with Crippen LogP contribution in [-0.2, 0) is 10.5 Å². The van der Waals surface area contributed by atoms with Gasteiger partial charge in [-0.15, -0.1) is 23.7 Å². The highest BCUT2D eigenvalue weighted by Gasteiger charge is 2.56. The van der Waals surface area contributed by atoms with Crippen molar-refractivity contribution >= 4 is 45.8 Å². The molecule has 1 aliphatic carbocycles. The van der Waals surface area contributed by atoms with Crippen LogP contribution in [0.15, 0.2) is 18.5 Å². The first-order valence-corrected chi connectivity index (χ1v) is 11.6. The number of thiophene rings is 1. The third-order valence-electron chi connectivity index (χ3n) is 5.90. The molecule has 0 saturated heterocycles. The fourth-order valence-corrected chi connectivity index (χ4v) is 5.23. The first-order chi connectivity index (χ1) is 16.2. The summed E-state index contributed by atoms with van der Waals surface area (Å²) in [6, 6.07) is 3.56. The van der Waals surface area contributed by atoms with E-state index in [1.165, 1.54) is 29.3 Å². The van der Waals surface area contributed by atoms with Gasteiger partial charge in [-0.25, -0.2) is 15.0 Å². The van der Waals surface area contributed by atoms with Gasteiger partial charge in [0.25, 0.3) is 0 Å². The number of imidazole rings is 1. The van der Waals surface area contributed by atoms with Crippen LogP contribution < -0.4 is 10.2 Å². The van der Waals surface area contributed by atoms with E-state index in [1.54, 1.807) is 31.1 Å². The van der Waals surface area contributed by atoms with Gasteiger partial charge in [0.1, 0.15) is 6.10 Å².